The number of alkyl halides is 3. The fraction of sp³-hybridized carbons (Fsp3) is 0.316. The number of thioether (sulfide) groups is 1. The van der Waals surface area contributed by atoms with Crippen LogP contribution in [0.25, 0.3) is 0 Å². The molecule has 2 rings (SSSR count). The van der Waals surface area contributed by atoms with Gasteiger partial charge < -0.3 is 20.1 Å². The molecule has 5 nitrogen and oxygen atoms in total. The minimum Gasteiger partial charge on any atom is -0.493 e. The number of nitrogens with one attached hydrogen (secondary N) is 2. The first kappa shape index (κ1) is 21.7. The summed E-state index contributed by atoms with van der Waals surface area (Å²) < 4.78 is 47.7. The van der Waals surface area contributed by atoms with Crippen LogP contribution >= 0.6 is 11.8 Å². The predicted octanol–water partition coefficient (Wildman–Crippen LogP) is 4.09. The second-order valence-corrected chi connectivity index (χ2v) is 6.74. The maximum absolute atomic E-state index is 12.4. The minimum absolute atomic E-state index is 0.0587. The van der Waals surface area contributed by atoms with Crippen LogP contribution in [0, 0.1) is 0 Å². The van der Waals surface area contributed by atoms with E-state index in [0.717, 1.165) is 5.56 Å². The van der Waals surface area contributed by atoms with Crippen molar-refractivity contribution < 1.29 is 27.4 Å². The molecular weight excluding hydrogens is 393 g/mol. The molecule has 0 aliphatic carbocycles. The first-order valence-corrected chi connectivity index (χ1v) is 9.31. The predicted molar refractivity (Wildman–Crippen MR) is 103 cm³/mol. The minimum atomic E-state index is -4.26. The molecule has 2 N–H and O–H groups in total. The number of halogens is 3. The fourth-order valence-electron chi connectivity index (χ4n) is 2.33. The van der Waals surface area contributed by atoms with Crippen LogP contribution in [0.5, 0.6) is 11.5 Å². The lowest BCUT2D eigenvalue weighted by Gasteiger charge is -2.13. The van der Waals surface area contributed by atoms with Gasteiger partial charge in [0.05, 0.1) is 26.5 Å². The summed E-state index contributed by atoms with van der Waals surface area (Å²) >= 11 is 0.678. The Bertz CT molecular complexity index is 800. The third-order valence-electron chi connectivity index (χ3n) is 3.66. The first-order valence-electron chi connectivity index (χ1n) is 8.32. The van der Waals surface area contributed by atoms with Crippen LogP contribution in [-0.2, 0) is 11.3 Å². The van der Waals surface area contributed by atoms with Gasteiger partial charge in [0, 0.05) is 17.1 Å². The Morgan fingerprint density at radius 3 is 2.46 bits per heavy atom. The molecule has 1 amide bonds. The summed E-state index contributed by atoms with van der Waals surface area (Å²) in [6.45, 7) is 0.224. The van der Waals surface area contributed by atoms with E-state index in [1.165, 1.54) is 14.2 Å². The van der Waals surface area contributed by atoms with Crippen molar-refractivity contribution in [3.8, 4) is 11.5 Å². The average Bonchev–Trinajstić information content (AvgIpc) is 2.68. The smallest absolute Gasteiger partial charge is 0.398 e. The highest BCUT2D eigenvalue weighted by atomic mass is 32.2. The van der Waals surface area contributed by atoms with Gasteiger partial charge in [-0.15, -0.1) is 11.8 Å². The normalized spacial score (nSPS) is 11.0. The zero-order valence-electron chi connectivity index (χ0n) is 15.4. The fourth-order valence-corrected chi connectivity index (χ4v) is 3.12. The van der Waals surface area contributed by atoms with Crippen molar-refractivity contribution in [2.75, 3.05) is 31.8 Å². The standard InChI is InChI=1S/C19H21F3N2O3S/c1-26-15-8-7-13(9-16(15)27-2)10-24-18(25)11-23-14-5-3-4-6-17(14)28-12-19(20,21)22/h3-9,23H,10-12H2,1-2H3,(H,24,25). The van der Waals surface area contributed by atoms with Crippen LogP contribution in [0.15, 0.2) is 47.4 Å². The Morgan fingerprint density at radius 1 is 1.07 bits per heavy atom. The van der Waals surface area contributed by atoms with E-state index in [2.05, 4.69) is 10.6 Å². The summed E-state index contributed by atoms with van der Waals surface area (Å²) in [7, 11) is 3.06. The number of rotatable bonds is 9. The molecule has 28 heavy (non-hydrogen) atoms. The average molecular weight is 414 g/mol. The number of carbonyl (C=O) groups excluding carboxylic acids is 1. The molecule has 0 unspecified atom stereocenters. The summed E-state index contributed by atoms with van der Waals surface area (Å²) in [5.74, 6) is -0.127. The second kappa shape index (κ2) is 10.1. The number of methoxy groups -OCH3 is 2. The molecule has 0 aliphatic heterocycles. The van der Waals surface area contributed by atoms with Crippen molar-refractivity contribution in [1.29, 1.82) is 0 Å². The molecule has 0 saturated heterocycles. The molecule has 0 aliphatic rings. The molecule has 0 saturated carbocycles. The van der Waals surface area contributed by atoms with Crippen molar-refractivity contribution in [3.63, 3.8) is 0 Å². The number of para-hydroxylation sites is 1. The number of ether oxygens (including phenoxy) is 2. The number of benzene rings is 2. The van der Waals surface area contributed by atoms with Crippen LogP contribution < -0.4 is 20.1 Å². The lowest BCUT2D eigenvalue weighted by Crippen LogP contribution is -2.29. The van der Waals surface area contributed by atoms with Crippen molar-refractivity contribution in [1.82, 2.24) is 5.32 Å². The maximum atomic E-state index is 12.4. The van der Waals surface area contributed by atoms with Gasteiger partial charge in [0.1, 0.15) is 0 Å². The highest BCUT2D eigenvalue weighted by Gasteiger charge is 2.27. The SMILES string of the molecule is COc1ccc(CNC(=O)CNc2ccccc2SCC(F)(F)F)cc1OC. The van der Waals surface area contributed by atoms with E-state index in [1.807, 2.05) is 0 Å². The molecule has 2 aromatic carbocycles. The Labute approximate surface area is 165 Å². The van der Waals surface area contributed by atoms with Crippen molar-refractivity contribution >= 4 is 23.4 Å². The quantitative estimate of drug-likeness (QED) is 0.606. The molecule has 0 fully saturated rings. The molecule has 9 heteroatoms. The summed E-state index contributed by atoms with van der Waals surface area (Å²) in [4.78, 5) is 12.5. The number of anilines is 1. The topological polar surface area (TPSA) is 59.6 Å². The summed E-state index contributed by atoms with van der Waals surface area (Å²) in [5.41, 5.74) is 1.31. The summed E-state index contributed by atoms with van der Waals surface area (Å²) in [5, 5.41) is 5.63. The van der Waals surface area contributed by atoms with Gasteiger partial charge in [-0.1, -0.05) is 18.2 Å². The van der Waals surface area contributed by atoms with Gasteiger partial charge in [-0.25, -0.2) is 0 Å². The van der Waals surface area contributed by atoms with Gasteiger partial charge in [-0.3, -0.25) is 4.79 Å². The zero-order chi connectivity index (χ0) is 20.6. The number of hydrogen-bond acceptors (Lipinski definition) is 5. The number of hydrogen-bond donors (Lipinski definition) is 2. The second-order valence-electron chi connectivity index (χ2n) is 5.72. The highest BCUT2D eigenvalue weighted by molar-refractivity contribution is 7.99. The molecule has 0 aromatic heterocycles. The molecule has 0 atom stereocenters. The van der Waals surface area contributed by atoms with E-state index in [4.69, 9.17) is 9.47 Å². The van der Waals surface area contributed by atoms with Crippen molar-refractivity contribution in [2.24, 2.45) is 0 Å². The van der Waals surface area contributed by atoms with Gasteiger partial charge >= 0.3 is 6.18 Å². The largest absolute Gasteiger partial charge is 0.493 e. The highest BCUT2D eigenvalue weighted by Crippen LogP contribution is 2.32. The zero-order valence-corrected chi connectivity index (χ0v) is 16.2. The van der Waals surface area contributed by atoms with Crippen LogP contribution in [-0.4, -0.2) is 38.6 Å². The van der Waals surface area contributed by atoms with Crippen LogP contribution in [0.1, 0.15) is 5.56 Å². The summed E-state index contributed by atoms with van der Waals surface area (Å²) in [6.07, 6.45) is -4.26. The lowest BCUT2D eigenvalue weighted by molar-refractivity contribution is -0.119. The van der Waals surface area contributed by atoms with E-state index < -0.39 is 11.9 Å². The Morgan fingerprint density at radius 2 is 1.79 bits per heavy atom. The molecule has 0 radical (unpaired) electrons. The van der Waals surface area contributed by atoms with Gasteiger partial charge in [0.15, 0.2) is 11.5 Å². The van der Waals surface area contributed by atoms with Gasteiger partial charge in [-0.2, -0.15) is 13.2 Å². The molecule has 0 heterocycles. The Balaban J connectivity index is 1.88. The van der Waals surface area contributed by atoms with Crippen molar-refractivity contribution in [2.45, 2.75) is 17.6 Å². The monoisotopic (exact) mass is 414 g/mol. The molecule has 0 bridgehead atoms. The van der Waals surface area contributed by atoms with E-state index in [-0.39, 0.29) is 19.0 Å². The third-order valence-corrected chi connectivity index (χ3v) is 4.79. The Hall–Kier alpha value is -2.55. The van der Waals surface area contributed by atoms with E-state index in [9.17, 15) is 18.0 Å². The van der Waals surface area contributed by atoms with Crippen LogP contribution in [0.4, 0.5) is 18.9 Å². The van der Waals surface area contributed by atoms with E-state index >= 15 is 0 Å². The van der Waals surface area contributed by atoms with Crippen LogP contribution in [0.3, 0.4) is 0 Å². The third kappa shape index (κ3) is 6.88. The first-order chi connectivity index (χ1) is 13.3. The maximum Gasteiger partial charge on any atom is 0.398 e. The molecule has 0 spiro atoms. The van der Waals surface area contributed by atoms with Crippen molar-refractivity contribution in [3.05, 3.63) is 48.0 Å². The summed E-state index contributed by atoms with van der Waals surface area (Å²) in [6, 6.07) is 11.9. The van der Waals surface area contributed by atoms with E-state index in [1.54, 1.807) is 42.5 Å². The molecular formula is C19H21F3N2O3S. The van der Waals surface area contributed by atoms with Crippen LogP contribution in [0.2, 0.25) is 0 Å². The van der Waals surface area contributed by atoms with Gasteiger partial charge in [0.25, 0.3) is 0 Å². The molecule has 2 aromatic rings. The molecule has 152 valence electrons. The van der Waals surface area contributed by atoms with Gasteiger partial charge in [-0.05, 0) is 29.8 Å². The van der Waals surface area contributed by atoms with Gasteiger partial charge in [0.2, 0.25) is 5.91 Å². The number of amides is 1. The Kier molecular flexibility index (Phi) is 7.86. The number of carbonyl (C=O) groups is 1. The lowest BCUT2D eigenvalue weighted by atomic mass is 10.2. The van der Waals surface area contributed by atoms with E-state index in [0.29, 0.717) is 33.8 Å².